The third-order valence-corrected chi connectivity index (χ3v) is 0.500. The van der Waals surface area contributed by atoms with Gasteiger partial charge >= 0.3 is 0 Å². The second-order valence-corrected chi connectivity index (χ2v) is 1.58. The molecule has 0 aromatic rings. The number of hydrogen-bond acceptors (Lipinski definition) is 0. The molecule has 8 heavy (non-hydrogen) atoms. The topological polar surface area (TPSA) is 0 Å². The Kier molecular flexibility index (Phi) is 14.3. The van der Waals surface area contributed by atoms with Crippen LogP contribution in [0.3, 0.4) is 0 Å². The molecule has 6 radical (unpaired) electrons. The first-order valence-corrected chi connectivity index (χ1v) is 2.91. The van der Waals surface area contributed by atoms with E-state index in [1.54, 1.807) is 0 Å². The molecule has 4 heteroatoms. The molecular weight excluding hydrogens is 91.3 g/mol. The van der Waals surface area contributed by atoms with Crippen LogP contribution >= 0.6 is 0 Å². The Hall–Kier alpha value is 0.260. The minimum Gasteiger partial charge on any atom is -0.0654 e. The summed E-state index contributed by atoms with van der Waals surface area (Å²) in [6, 6.07) is 0. The van der Waals surface area contributed by atoms with Crippen molar-refractivity contribution < 1.29 is 0 Å². The number of hydrogen-bond donors (Lipinski definition) is 0. The molecule has 0 amide bonds. The van der Waals surface area contributed by atoms with Crippen molar-refractivity contribution in [1.82, 2.24) is 0 Å². The summed E-state index contributed by atoms with van der Waals surface area (Å²) in [6.45, 7) is 4.36. The van der Waals surface area contributed by atoms with Gasteiger partial charge in [-0.25, -0.2) is 0 Å². The maximum absolute atomic E-state index is 4.67. The first-order valence-electron chi connectivity index (χ1n) is 2.91. The fourth-order valence-corrected chi connectivity index (χ4v) is 0. The second kappa shape index (κ2) is 10.3. The van der Waals surface area contributed by atoms with Crippen LogP contribution in [0.25, 0.3) is 0 Å². The lowest BCUT2D eigenvalue weighted by molar-refractivity contribution is 0.886. The zero-order valence-electron chi connectivity index (χ0n) is 5.72. The molecule has 0 aromatic heterocycles. The Morgan fingerprint density at radius 2 is 1.12 bits per heavy atom. The van der Waals surface area contributed by atoms with Gasteiger partial charge in [-0.1, -0.05) is 26.7 Å². The van der Waals surface area contributed by atoms with E-state index in [4.69, 9.17) is 0 Å². The first kappa shape index (κ1) is 11.1. The first-order chi connectivity index (χ1) is 3.65. The van der Waals surface area contributed by atoms with E-state index < -0.39 is 6.39 Å². The fourth-order valence-electron chi connectivity index (χ4n) is 0. The highest BCUT2D eigenvalue weighted by Crippen LogP contribution is 1.76. The summed E-state index contributed by atoms with van der Waals surface area (Å²) in [4.78, 5) is 0. The van der Waals surface area contributed by atoms with Crippen LogP contribution in [-0.4, -0.2) is 29.6 Å². The zero-order valence-corrected chi connectivity index (χ0v) is 5.72. The minimum absolute atomic E-state index is 0.667. The second-order valence-electron chi connectivity index (χ2n) is 1.58. The molecule has 0 bridgehead atoms. The van der Waals surface area contributed by atoms with Gasteiger partial charge in [0.25, 0.3) is 0 Å². The van der Waals surface area contributed by atoms with Gasteiger partial charge in [-0.05, 0) is 0 Å². The monoisotopic (exact) mass is 102 g/mol. The van der Waals surface area contributed by atoms with E-state index in [1.165, 1.54) is 12.8 Å². The maximum Gasteiger partial charge on any atom is 0 e. The van der Waals surface area contributed by atoms with Crippen molar-refractivity contribution in [3.05, 3.63) is 0 Å². The van der Waals surface area contributed by atoms with E-state index in [0.717, 1.165) is 0 Å². The van der Waals surface area contributed by atoms with E-state index >= 15 is 0 Å². The molecule has 0 N–H and O–H groups in total. The normalized spacial score (nSPS) is 6.75. The van der Waals surface area contributed by atoms with Gasteiger partial charge in [0, 0.05) is 29.6 Å². The minimum atomic E-state index is -0.667. The molecule has 0 saturated carbocycles. The zero-order chi connectivity index (χ0) is 6.99. The number of unbranched alkanes of at least 4 members (excludes halogenated alkanes) is 1. The quantitative estimate of drug-likeness (QED) is 0.416. The van der Waals surface area contributed by atoms with Crippen LogP contribution in [0, 0.1) is 0 Å². The molecular formula is C4H10B4. The van der Waals surface area contributed by atoms with Gasteiger partial charge in [-0.15, -0.1) is 0 Å². The predicted octanol–water partition coefficient (Wildman–Crippen LogP) is 0.283. The standard InChI is InChI=1S/C4H10.B4/c1-3-4-2;1-4(2)3/h3-4H2,1-2H3;. The number of rotatable bonds is 1. The molecule has 0 atom stereocenters. The molecule has 0 aliphatic rings. The van der Waals surface area contributed by atoms with Crippen molar-refractivity contribution in [1.29, 1.82) is 0 Å². The largest absolute Gasteiger partial charge is 0.0654 e. The fraction of sp³-hybridized carbons (Fsp3) is 1.00. The molecule has 0 heterocycles. The van der Waals surface area contributed by atoms with Gasteiger partial charge in [-0.3, -0.25) is 0 Å². The van der Waals surface area contributed by atoms with Crippen molar-refractivity contribution in [3.8, 4) is 0 Å². The summed E-state index contributed by atoms with van der Waals surface area (Å²) < 4.78 is 0. The smallest absolute Gasteiger partial charge is 0 e. The Morgan fingerprint density at radius 1 is 1.00 bits per heavy atom. The molecule has 0 fully saturated rings. The van der Waals surface area contributed by atoms with Crippen LogP contribution in [0.5, 0.6) is 0 Å². The highest BCUT2D eigenvalue weighted by molar-refractivity contribution is 7.49. The molecule has 0 saturated heterocycles. The van der Waals surface area contributed by atoms with E-state index in [9.17, 15) is 0 Å². The third-order valence-electron chi connectivity index (χ3n) is 0.500. The average Bonchev–Trinajstić information content (AvgIpc) is 1.65. The SMILES string of the molecule is CCCC.[B]B([B])[B]. The van der Waals surface area contributed by atoms with Crippen LogP contribution in [0.15, 0.2) is 0 Å². The summed E-state index contributed by atoms with van der Waals surface area (Å²) in [5.74, 6) is 0. The van der Waals surface area contributed by atoms with Crippen LogP contribution in [0.4, 0.5) is 0 Å². The predicted molar refractivity (Wildman–Crippen MR) is 43.6 cm³/mol. The third kappa shape index (κ3) is 109. The van der Waals surface area contributed by atoms with Gasteiger partial charge in [-0.2, -0.15) is 0 Å². The summed E-state index contributed by atoms with van der Waals surface area (Å²) in [6.07, 6.45) is 1.97. The van der Waals surface area contributed by atoms with Crippen molar-refractivity contribution >= 4 is 29.6 Å². The molecule has 0 rings (SSSR count). The van der Waals surface area contributed by atoms with Crippen LogP contribution in [0.1, 0.15) is 26.7 Å². The van der Waals surface area contributed by atoms with Crippen molar-refractivity contribution in [2.24, 2.45) is 0 Å². The van der Waals surface area contributed by atoms with Gasteiger partial charge in [0.2, 0.25) is 0 Å². The van der Waals surface area contributed by atoms with Gasteiger partial charge in [0.15, 0.2) is 0 Å². The lowest BCUT2D eigenvalue weighted by Gasteiger charge is -1.73. The Morgan fingerprint density at radius 3 is 1.12 bits per heavy atom. The van der Waals surface area contributed by atoms with Gasteiger partial charge in [0.1, 0.15) is 0 Å². The van der Waals surface area contributed by atoms with Crippen LogP contribution < -0.4 is 0 Å². The molecule has 0 unspecified atom stereocenters. The lowest BCUT2D eigenvalue weighted by Crippen LogP contribution is -2.11. The van der Waals surface area contributed by atoms with Crippen LogP contribution in [0.2, 0.25) is 0 Å². The summed E-state index contributed by atoms with van der Waals surface area (Å²) in [5, 5.41) is 0. The van der Waals surface area contributed by atoms with E-state index in [0.29, 0.717) is 0 Å². The summed E-state index contributed by atoms with van der Waals surface area (Å²) in [5.41, 5.74) is 0. The Labute approximate surface area is 57.1 Å². The Balaban J connectivity index is 0. The van der Waals surface area contributed by atoms with E-state index in [2.05, 4.69) is 37.1 Å². The van der Waals surface area contributed by atoms with Crippen molar-refractivity contribution in [2.75, 3.05) is 0 Å². The molecule has 0 nitrogen and oxygen atoms in total. The van der Waals surface area contributed by atoms with E-state index in [1.807, 2.05) is 0 Å². The lowest BCUT2D eigenvalue weighted by atomic mass is 9.08. The molecule has 0 aliphatic carbocycles. The van der Waals surface area contributed by atoms with Gasteiger partial charge < -0.3 is 0 Å². The summed E-state index contributed by atoms with van der Waals surface area (Å²) >= 11 is 0. The van der Waals surface area contributed by atoms with Crippen molar-refractivity contribution in [3.63, 3.8) is 0 Å². The highest BCUT2D eigenvalue weighted by atomic mass is 13.6. The van der Waals surface area contributed by atoms with E-state index in [-0.39, 0.29) is 0 Å². The average molecular weight is 101 g/mol. The molecule has 0 spiro atoms. The van der Waals surface area contributed by atoms with Crippen LogP contribution in [-0.2, 0) is 0 Å². The molecule has 0 aromatic carbocycles. The molecule has 0 aliphatic heterocycles. The Bertz CT molecular complexity index is 24.5. The summed E-state index contributed by atoms with van der Waals surface area (Å²) in [7, 11) is 14.0. The maximum atomic E-state index is 4.67. The van der Waals surface area contributed by atoms with Gasteiger partial charge in [0.05, 0.1) is 0 Å². The molecule has 38 valence electrons. The van der Waals surface area contributed by atoms with Crippen molar-refractivity contribution in [2.45, 2.75) is 26.7 Å². The highest BCUT2D eigenvalue weighted by Gasteiger charge is 1.73.